The number of rotatable bonds is 7. The van der Waals surface area contributed by atoms with E-state index in [-0.39, 0.29) is 17.6 Å². The maximum absolute atomic E-state index is 12.6. The van der Waals surface area contributed by atoms with Gasteiger partial charge >= 0.3 is 0 Å². The normalized spacial score (nSPS) is 12.1. The van der Waals surface area contributed by atoms with Crippen molar-refractivity contribution in [2.45, 2.75) is 26.3 Å². The number of nitrogens with zero attached hydrogens (tertiary/aromatic N) is 2. The van der Waals surface area contributed by atoms with E-state index < -0.39 is 0 Å². The highest BCUT2D eigenvalue weighted by Crippen LogP contribution is 2.19. The van der Waals surface area contributed by atoms with E-state index in [0.29, 0.717) is 24.0 Å². The first kappa shape index (κ1) is 16.7. The first-order valence-corrected chi connectivity index (χ1v) is 7.07. The molecule has 0 saturated heterocycles. The third-order valence-corrected chi connectivity index (χ3v) is 3.53. The molecule has 0 saturated carbocycles. The van der Waals surface area contributed by atoms with Gasteiger partial charge in [0.1, 0.15) is 11.5 Å². The number of ether oxygens (including phenoxy) is 1. The molecule has 5 nitrogen and oxygen atoms in total. The molecule has 0 radical (unpaired) electrons. The first-order chi connectivity index (χ1) is 9.54. The predicted molar refractivity (Wildman–Crippen MR) is 81.5 cm³/mol. The standard InChI is InChI=1S/C14H22ClN3O2/c1-5-10(2)18(8-9-20-4)14(19)13-11(15)6-7-12(16-3)17-13/h6-7,10H,5,8-9H2,1-4H3,(H,16,17). The van der Waals surface area contributed by atoms with Crippen LogP contribution in [0.4, 0.5) is 5.82 Å². The third-order valence-electron chi connectivity index (χ3n) is 3.22. The summed E-state index contributed by atoms with van der Waals surface area (Å²) in [5, 5.41) is 3.27. The Labute approximate surface area is 125 Å². The Hall–Kier alpha value is -1.33. The smallest absolute Gasteiger partial charge is 0.274 e. The van der Waals surface area contributed by atoms with E-state index in [1.807, 2.05) is 13.8 Å². The minimum atomic E-state index is -0.168. The molecule has 6 heteroatoms. The minimum absolute atomic E-state index is 0.105. The largest absolute Gasteiger partial charge is 0.383 e. The Bertz CT molecular complexity index is 454. The van der Waals surface area contributed by atoms with Gasteiger partial charge in [-0.25, -0.2) is 4.98 Å². The molecule has 0 bridgehead atoms. The zero-order chi connectivity index (χ0) is 15.1. The number of nitrogens with one attached hydrogen (secondary N) is 1. The van der Waals surface area contributed by atoms with Gasteiger partial charge in [-0.2, -0.15) is 0 Å². The predicted octanol–water partition coefficient (Wildman–Crippen LogP) is 2.66. The zero-order valence-corrected chi connectivity index (χ0v) is 13.2. The van der Waals surface area contributed by atoms with E-state index in [4.69, 9.17) is 16.3 Å². The summed E-state index contributed by atoms with van der Waals surface area (Å²) in [6.07, 6.45) is 0.860. The molecule has 1 rings (SSSR count). The van der Waals surface area contributed by atoms with Crippen LogP contribution < -0.4 is 5.32 Å². The van der Waals surface area contributed by atoms with Gasteiger partial charge in [-0.15, -0.1) is 0 Å². The Balaban J connectivity index is 3.04. The topological polar surface area (TPSA) is 54.5 Å². The highest BCUT2D eigenvalue weighted by molar-refractivity contribution is 6.33. The molecule has 0 aliphatic carbocycles. The molecule has 1 aromatic heterocycles. The van der Waals surface area contributed by atoms with Crippen molar-refractivity contribution in [1.82, 2.24) is 9.88 Å². The number of anilines is 1. The summed E-state index contributed by atoms with van der Waals surface area (Å²) in [7, 11) is 3.37. The van der Waals surface area contributed by atoms with Crippen molar-refractivity contribution in [3.05, 3.63) is 22.8 Å². The van der Waals surface area contributed by atoms with E-state index >= 15 is 0 Å². The zero-order valence-electron chi connectivity index (χ0n) is 12.4. The van der Waals surface area contributed by atoms with Gasteiger partial charge in [0.15, 0.2) is 0 Å². The van der Waals surface area contributed by atoms with Gasteiger partial charge in [0.25, 0.3) is 5.91 Å². The molecule has 1 heterocycles. The summed E-state index contributed by atoms with van der Waals surface area (Å²) >= 11 is 6.11. The summed E-state index contributed by atoms with van der Waals surface area (Å²) in [4.78, 5) is 18.6. The van der Waals surface area contributed by atoms with Gasteiger partial charge in [0.05, 0.1) is 11.6 Å². The Morgan fingerprint density at radius 1 is 1.55 bits per heavy atom. The van der Waals surface area contributed by atoms with Crippen molar-refractivity contribution in [1.29, 1.82) is 0 Å². The van der Waals surface area contributed by atoms with Crippen molar-refractivity contribution in [3.8, 4) is 0 Å². The van der Waals surface area contributed by atoms with Gasteiger partial charge < -0.3 is 15.0 Å². The van der Waals surface area contributed by atoms with Gasteiger partial charge in [0.2, 0.25) is 0 Å². The molecule has 20 heavy (non-hydrogen) atoms. The SMILES string of the molecule is CCC(C)N(CCOC)C(=O)c1nc(NC)ccc1Cl. The Morgan fingerprint density at radius 3 is 2.80 bits per heavy atom. The molecule has 112 valence electrons. The van der Waals surface area contributed by atoms with Crippen LogP contribution in [-0.2, 0) is 4.74 Å². The van der Waals surface area contributed by atoms with Crippen LogP contribution in [0.15, 0.2) is 12.1 Å². The van der Waals surface area contributed by atoms with Crippen LogP contribution in [0.5, 0.6) is 0 Å². The lowest BCUT2D eigenvalue weighted by atomic mass is 10.2. The molecule has 1 atom stereocenters. The summed E-state index contributed by atoms with van der Waals surface area (Å²) in [6, 6.07) is 3.52. The fourth-order valence-electron chi connectivity index (χ4n) is 1.80. The van der Waals surface area contributed by atoms with Crippen LogP contribution >= 0.6 is 11.6 Å². The van der Waals surface area contributed by atoms with Gasteiger partial charge in [-0.3, -0.25) is 4.79 Å². The minimum Gasteiger partial charge on any atom is -0.383 e. The molecule has 0 spiro atoms. The molecule has 0 fully saturated rings. The lowest BCUT2D eigenvalue weighted by molar-refractivity contribution is 0.0608. The monoisotopic (exact) mass is 299 g/mol. The fourth-order valence-corrected chi connectivity index (χ4v) is 1.99. The summed E-state index contributed by atoms with van der Waals surface area (Å²) in [6.45, 7) is 5.05. The number of hydrogen-bond donors (Lipinski definition) is 1. The van der Waals surface area contributed by atoms with Crippen LogP contribution in [0.1, 0.15) is 30.8 Å². The lowest BCUT2D eigenvalue weighted by Gasteiger charge is -2.28. The number of carbonyl (C=O) groups is 1. The van der Waals surface area contributed by atoms with E-state index in [1.165, 1.54) is 0 Å². The van der Waals surface area contributed by atoms with Gasteiger partial charge in [-0.1, -0.05) is 18.5 Å². The maximum atomic E-state index is 12.6. The second-order valence-corrected chi connectivity index (χ2v) is 4.93. The molecule has 0 aromatic carbocycles. The number of methoxy groups -OCH3 is 1. The van der Waals surface area contributed by atoms with E-state index in [9.17, 15) is 4.79 Å². The number of hydrogen-bond acceptors (Lipinski definition) is 4. The summed E-state index contributed by atoms with van der Waals surface area (Å²) < 4.78 is 5.07. The maximum Gasteiger partial charge on any atom is 0.274 e. The average Bonchev–Trinajstić information content (AvgIpc) is 2.47. The highest BCUT2D eigenvalue weighted by Gasteiger charge is 2.23. The van der Waals surface area contributed by atoms with Crippen LogP contribution in [0.2, 0.25) is 5.02 Å². The number of aromatic nitrogens is 1. The number of halogens is 1. The van der Waals surface area contributed by atoms with E-state index in [0.717, 1.165) is 6.42 Å². The van der Waals surface area contributed by atoms with Crippen molar-refractivity contribution in [2.75, 3.05) is 32.6 Å². The fraction of sp³-hybridized carbons (Fsp3) is 0.571. The Kier molecular flexibility index (Phi) is 6.75. The molecule has 0 aliphatic rings. The summed E-state index contributed by atoms with van der Waals surface area (Å²) in [5.41, 5.74) is 0.273. The lowest BCUT2D eigenvalue weighted by Crippen LogP contribution is -2.41. The molecule has 0 aliphatic heterocycles. The van der Waals surface area contributed by atoms with Crippen molar-refractivity contribution in [3.63, 3.8) is 0 Å². The van der Waals surface area contributed by atoms with Crippen LogP contribution in [0.3, 0.4) is 0 Å². The Morgan fingerprint density at radius 2 is 2.25 bits per heavy atom. The molecular formula is C14H22ClN3O2. The van der Waals surface area contributed by atoms with Crippen molar-refractivity contribution < 1.29 is 9.53 Å². The van der Waals surface area contributed by atoms with Crippen LogP contribution in [-0.4, -0.2) is 49.1 Å². The molecular weight excluding hydrogens is 278 g/mol. The highest BCUT2D eigenvalue weighted by atomic mass is 35.5. The number of pyridine rings is 1. The molecule has 1 amide bonds. The molecule has 1 aromatic rings. The van der Waals surface area contributed by atoms with Gasteiger partial charge in [0, 0.05) is 26.7 Å². The third kappa shape index (κ3) is 4.08. The molecule has 1 unspecified atom stereocenters. The number of amides is 1. The second-order valence-electron chi connectivity index (χ2n) is 4.53. The van der Waals surface area contributed by atoms with E-state index in [2.05, 4.69) is 10.3 Å². The van der Waals surface area contributed by atoms with Crippen LogP contribution in [0, 0.1) is 0 Å². The van der Waals surface area contributed by atoms with Gasteiger partial charge in [-0.05, 0) is 25.5 Å². The quantitative estimate of drug-likeness (QED) is 0.841. The van der Waals surface area contributed by atoms with Crippen molar-refractivity contribution >= 4 is 23.3 Å². The summed E-state index contributed by atoms with van der Waals surface area (Å²) in [5.74, 6) is 0.451. The van der Waals surface area contributed by atoms with E-state index in [1.54, 1.807) is 31.2 Å². The van der Waals surface area contributed by atoms with Crippen LogP contribution in [0.25, 0.3) is 0 Å². The number of carbonyl (C=O) groups excluding carboxylic acids is 1. The molecule has 1 N–H and O–H groups in total. The first-order valence-electron chi connectivity index (χ1n) is 6.69. The van der Waals surface area contributed by atoms with Crippen molar-refractivity contribution in [2.24, 2.45) is 0 Å². The second kappa shape index (κ2) is 8.07. The average molecular weight is 300 g/mol.